The normalized spacial score (nSPS) is 13.5. The quantitative estimate of drug-likeness (QED) is 0.901. The Morgan fingerprint density at radius 3 is 2.95 bits per heavy atom. The lowest BCUT2D eigenvalue weighted by Crippen LogP contribution is -1.99. The van der Waals surface area contributed by atoms with Crippen molar-refractivity contribution < 1.29 is 9.90 Å². The first-order valence-corrected chi connectivity index (χ1v) is 7.04. The molecule has 0 aliphatic heterocycles. The summed E-state index contributed by atoms with van der Waals surface area (Å²) in [4.78, 5) is 15.9. The highest BCUT2D eigenvalue weighted by atomic mass is 32.1. The van der Waals surface area contributed by atoms with E-state index >= 15 is 0 Å². The van der Waals surface area contributed by atoms with Crippen molar-refractivity contribution in [3.05, 3.63) is 34.2 Å². The van der Waals surface area contributed by atoms with Crippen molar-refractivity contribution in [1.29, 1.82) is 0 Å². The van der Waals surface area contributed by atoms with Crippen LogP contribution < -0.4 is 5.73 Å². The Morgan fingerprint density at radius 1 is 1.37 bits per heavy atom. The zero-order valence-corrected chi connectivity index (χ0v) is 11.2. The van der Waals surface area contributed by atoms with E-state index in [2.05, 4.69) is 17.1 Å². The van der Waals surface area contributed by atoms with Gasteiger partial charge in [-0.1, -0.05) is 12.1 Å². The predicted octanol–water partition coefficient (Wildman–Crippen LogP) is 2.51. The predicted molar refractivity (Wildman–Crippen MR) is 75.3 cm³/mol. The summed E-state index contributed by atoms with van der Waals surface area (Å²) in [6, 6.07) is 6.27. The van der Waals surface area contributed by atoms with Crippen molar-refractivity contribution in [1.82, 2.24) is 4.98 Å². The van der Waals surface area contributed by atoms with Crippen LogP contribution in [0, 0.1) is 0 Å². The van der Waals surface area contributed by atoms with Crippen molar-refractivity contribution in [2.24, 2.45) is 0 Å². The maximum atomic E-state index is 10.9. The van der Waals surface area contributed by atoms with Crippen LogP contribution in [0.3, 0.4) is 0 Å². The molecule has 5 heteroatoms. The van der Waals surface area contributed by atoms with Gasteiger partial charge in [-0.3, -0.25) is 4.79 Å². The van der Waals surface area contributed by atoms with Gasteiger partial charge in [-0.15, -0.1) is 11.3 Å². The second-order valence-electron chi connectivity index (χ2n) is 4.73. The molecule has 2 aromatic rings. The Labute approximate surface area is 114 Å². The van der Waals surface area contributed by atoms with E-state index in [1.807, 2.05) is 6.07 Å². The summed E-state index contributed by atoms with van der Waals surface area (Å²) in [7, 11) is 0. The van der Waals surface area contributed by atoms with E-state index in [1.165, 1.54) is 28.9 Å². The van der Waals surface area contributed by atoms with Gasteiger partial charge in [0.2, 0.25) is 0 Å². The van der Waals surface area contributed by atoms with E-state index in [9.17, 15) is 4.79 Å². The van der Waals surface area contributed by atoms with Gasteiger partial charge in [0.15, 0.2) is 5.13 Å². The van der Waals surface area contributed by atoms with Crippen molar-refractivity contribution in [3.63, 3.8) is 0 Å². The number of carboxylic acids is 1. The second-order valence-corrected chi connectivity index (χ2v) is 5.85. The van der Waals surface area contributed by atoms with Gasteiger partial charge in [0.25, 0.3) is 0 Å². The molecule has 19 heavy (non-hydrogen) atoms. The van der Waals surface area contributed by atoms with E-state index in [0.717, 1.165) is 29.0 Å². The molecule has 3 N–H and O–H groups in total. The lowest BCUT2D eigenvalue weighted by Gasteiger charge is -2.04. The minimum atomic E-state index is -0.855. The molecule has 0 saturated heterocycles. The lowest BCUT2D eigenvalue weighted by molar-refractivity contribution is -0.136. The lowest BCUT2D eigenvalue weighted by atomic mass is 10.0. The zero-order valence-electron chi connectivity index (χ0n) is 10.3. The summed E-state index contributed by atoms with van der Waals surface area (Å²) in [6.45, 7) is 0. The van der Waals surface area contributed by atoms with Gasteiger partial charge in [-0.25, -0.2) is 4.98 Å². The van der Waals surface area contributed by atoms with Crippen LogP contribution in [0.4, 0.5) is 5.13 Å². The first kappa shape index (κ1) is 12.2. The number of aromatic nitrogens is 1. The molecular weight excluding hydrogens is 260 g/mol. The van der Waals surface area contributed by atoms with E-state index in [0.29, 0.717) is 5.13 Å². The number of nitrogen functional groups attached to an aromatic ring is 1. The fraction of sp³-hybridized carbons (Fsp3) is 0.286. The molecule has 1 aliphatic carbocycles. The number of fused-ring (bicyclic) bond motifs is 1. The Kier molecular flexibility index (Phi) is 2.98. The first-order valence-electron chi connectivity index (χ1n) is 6.22. The number of anilines is 1. The highest BCUT2D eigenvalue weighted by molar-refractivity contribution is 7.15. The molecule has 3 rings (SSSR count). The Morgan fingerprint density at radius 2 is 2.16 bits per heavy atom. The topological polar surface area (TPSA) is 76.2 Å². The molecule has 0 spiro atoms. The SMILES string of the molecule is Nc1nc(-c2ccc3c(c2)CCC3)c(CC(=O)O)s1. The molecule has 1 aromatic carbocycles. The van der Waals surface area contributed by atoms with Crippen molar-refractivity contribution in [2.75, 3.05) is 5.73 Å². The number of carbonyl (C=O) groups is 1. The van der Waals surface area contributed by atoms with Crippen LogP contribution >= 0.6 is 11.3 Å². The van der Waals surface area contributed by atoms with Gasteiger partial charge in [-0.05, 0) is 36.5 Å². The molecule has 0 bridgehead atoms. The molecular formula is C14H14N2O2S. The van der Waals surface area contributed by atoms with Crippen LogP contribution in [0.25, 0.3) is 11.3 Å². The van der Waals surface area contributed by atoms with Crippen LogP contribution in [0.1, 0.15) is 22.4 Å². The molecule has 98 valence electrons. The molecule has 0 saturated carbocycles. The number of rotatable bonds is 3. The Balaban J connectivity index is 2.04. The molecule has 1 aromatic heterocycles. The largest absolute Gasteiger partial charge is 0.481 e. The Bertz CT molecular complexity index is 649. The minimum absolute atomic E-state index is 0.0265. The highest BCUT2D eigenvalue weighted by Crippen LogP contribution is 2.33. The van der Waals surface area contributed by atoms with Crippen LogP contribution in [-0.4, -0.2) is 16.1 Å². The summed E-state index contributed by atoms with van der Waals surface area (Å²) in [5.74, 6) is -0.855. The highest BCUT2D eigenvalue weighted by Gasteiger charge is 2.17. The number of nitrogens with two attached hydrogens (primary N) is 1. The molecule has 0 fully saturated rings. The fourth-order valence-corrected chi connectivity index (χ4v) is 3.42. The standard InChI is InChI=1S/C14H14N2O2S/c15-14-16-13(11(19-14)7-12(17)18)10-5-4-8-2-1-3-9(8)6-10/h4-6H,1-3,7H2,(H2,15,16)(H,17,18). The van der Waals surface area contributed by atoms with E-state index in [1.54, 1.807) is 0 Å². The summed E-state index contributed by atoms with van der Waals surface area (Å²) in [5.41, 5.74) is 10.2. The van der Waals surface area contributed by atoms with Gasteiger partial charge in [0.1, 0.15) is 0 Å². The van der Waals surface area contributed by atoms with E-state index < -0.39 is 5.97 Å². The summed E-state index contributed by atoms with van der Waals surface area (Å²) in [5, 5.41) is 9.36. The number of nitrogens with zero attached hydrogens (tertiary/aromatic N) is 1. The number of hydrogen-bond donors (Lipinski definition) is 2. The van der Waals surface area contributed by atoms with Crippen LogP contribution in [0.15, 0.2) is 18.2 Å². The number of thiazole rings is 1. The second kappa shape index (κ2) is 4.66. The summed E-state index contributed by atoms with van der Waals surface area (Å²) in [6.07, 6.45) is 3.40. The van der Waals surface area contributed by atoms with Crippen LogP contribution in [-0.2, 0) is 24.1 Å². The average Bonchev–Trinajstić information content (AvgIpc) is 2.93. The number of aliphatic carboxylic acids is 1. The van der Waals surface area contributed by atoms with E-state index in [4.69, 9.17) is 10.8 Å². The van der Waals surface area contributed by atoms with Crippen molar-refractivity contribution in [3.8, 4) is 11.3 Å². The average molecular weight is 274 g/mol. The smallest absolute Gasteiger partial charge is 0.308 e. The van der Waals surface area contributed by atoms with Crippen molar-refractivity contribution in [2.45, 2.75) is 25.7 Å². The number of hydrogen-bond acceptors (Lipinski definition) is 4. The molecule has 0 atom stereocenters. The Hall–Kier alpha value is -1.88. The van der Waals surface area contributed by atoms with Crippen LogP contribution in [0.2, 0.25) is 0 Å². The number of benzene rings is 1. The van der Waals surface area contributed by atoms with Gasteiger partial charge in [0.05, 0.1) is 12.1 Å². The third-order valence-electron chi connectivity index (χ3n) is 3.40. The number of aryl methyl sites for hydroxylation is 2. The van der Waals surface area contributed by atoms with Gasteiger partial charge in [0, 0.05) is 10.4 Å². The molecule has 0 unspecified atom stereocenters. The maximum absolute atomic E-state index is 10.9. The molecule has 0 radical (unpaired) electrons. The molecule has 0 amide bonds. The fourth-order valence-electron chi connectivity index (χ4n) is 2.57. The minimum Gasteiger partial charge on any atom is -0.481 e. The summed E-state index contributed by atoms with van der Waals surface area (Å²) >= 11 is 1.26. The molecule has 1 heterocycles. The third-order valence-corrected chi connectivity index (χ3v) is 4.28. The van der Waals surface area contributed by atoms with Gasteiger partial charge in [-0.2, -0.15) is 0 Å². The molecule has 1 aliphatic rings. The monoisotopic (exact) mass is 274 g/mol. The van der Waals surface area contributed by atoms with Gasteiger partial charge < -0.3 is 10.8 Å². The van der Waals surface area contributed by atoms with Gasteiger partial charge >= 0.3 is 5.97 Å². The maximum Gasteiger partial charge on any atom is 0.308 e. The number of carboxylic acid groups (broad SMARTS) is 1. The summed E-state index contributed by atoms with van der Waals surface area (Å²) < 4.78 is 0. The van der Waals surface area contributed by atoms with Crippen molar-refractivity contribution >= 4 is 22.4 Å². The third kappa shape index (κ3) is 2.33. The van der Waals surface area contributed by atoms with Crippen LogP contribution in [0.5, 0.6) is 0 Å². The van der Waals surface area contributed by atoms with E-state index in [-0.39, 0.29) is 6.42 Å². The zero-order chi connectivity index (χ0) is 13.4. The molecule has 4 nitrogen and oxygen atoms in total. The first-order chi connectivity index (χ1) is 9.13.